The van der Waals surface area contributed by atoms with Gasteiger partial charge in [0.1, 0.15) is 23.8 Å². The number of allylic oxidation sites excluding steroid dienone is 6. The Morgan fingerprint density at radius 3 is 2.23 bits per heavy atom. The maximum atomic E-state index is 10.8. The quantitative estimate of drug-likeness (QED) is 0.185. The van der Waals surface area contributed by atoms with Crippen LogP contribution in [0.5, 0.6) is 11.5 Å². The molecule has 0 unspecified atom stereocenters. The number of fused-ring (bicyclic) bond motifs is 3. The fraction of sp³-hybridized carbons (Fsp3) is 0.629. The van der Waals surface area contributed by atoms with Gasteiger partial charge >= 0.3 is 5.97 Å². The third-order valence-corrected chi connectivity index (χ3v) is 8.59. The Hall–Kier alpha value is -2.53. The number of carboxylic acid groups (broad SMARTS) is 1. The van der Waals surface area contributed by atoms with Gasteiger partial charge in [-0.25, -0.2) is 0 Å². The van der Waals surface area contributed by atoms with Crippen molar-refractivity contribution >= 4 is 5.97 Å². The molecule has 0 saturated carbocycles. The van der Waals surface area contributed by atoms with Crippen LogP contribution in [0.3, 0.4) is 0 Å². The molecule has 0 radical (unpaired) electrons. The second-order valence-corrected chi connectivity index (χ2v) is 12.6. The number of benzene rings is 1. The van der Waals surface area contributed by atoms with Crippen molar-refractivity contribution < 1.29 is 19.4 Å². The van der Waals surface area contributed by atoms with Crippen molar-refractivity contribution in [2.24, 2.45) is 0 Å². The predicted molar refractivity (Wildman–Crippen MR) is 165 cm³/mol. The molecule has 2 heterocycles. The summed E-state index contributed by atoms with van der Waals surface area (Å²) in [6, 6.07) is 0. The summed E-state index contributed by atoms with van der Waals surface area (Å²) in [6.45, 7) is 17.7. The van der Waals surface area contributed by atoms with Gasteiger partial charge in [0.05, 0.1) is 0 Å². The van der Waals surface area contributed by atoms with Crippen molar-refractivity contribution in [3.05, 3.63) is 57.2 Å². The molecule has 1 aromatic rings. The van der Waals surface area contributed by atoms with Gasteiger partial charge in [-0.3, -0.25) is 9.69 Å². The summed E-state index contributed by atoms with van der Waals surface area (Å²) in [6.07, 6.45) is 17.5. The molecule has 1 N–H and O–H groups in total. The van der Waals surface area contributed by atoms with Crippen LogP contribution in [0.1, 0.15) is 121 Å². The molecule has 222 valence electrons. The van der Waals surface area contributed by atoms with E-state index in [1.54, 1.807) is 0 Å². The van der Waals surface area contributed by atoms with Crippen molar-refractivity contribution in [1.82, 2.24) is 4.90 Å². The molecule has 0 amide bonds. The number of nitrogens with zero attached hydrogens (tertiary/aromatic N) is 1. The minimum atomic E-state index is -0.722. The molecule has 0 aromatic heterocycles. The van der Waals surface area contributed by atoms with Gasteiger partial charge in [0.15, 0.2) is 0 Å². The van der Waals surface area contributed by atoms with E-state index in [-0.39, 0.29) is 12.0 Å². The first kappa shape index (κ1) is 32.0. The van der Waals surface area contributed by atoms with E-state index < -0.39 is 5.97 Å². The molecule has 2 aliphatic heterocycles. The molecule has 1 aromatic carbocycles. The normalized spacial score (nSPS) is 19.4. The molecule has 0 bridgehead atoms. The number of carboxylic acids is 1. The Morgan fingerprint density at radius 2 is 1.55 bits per heavy atom. The molecule has 0 aliphatic carbocycles. The minimum absolute atomic E-state index is 0.164. The van der Waals surface area contributed by atoms with Crippen LogP contribution in [-0.2, 0) is 17.8 Å². The van der Waals surface area contributed by atoms with E-state index in [9.17, 15) is 4.79 Å². The molecular formula is C35H53NO4. The Bertz CT molecular complexity index is 1120. The molecule has 3 rings (SSSR count). The number of aliphatic carboxylic acids is 1. The zero-order chi connectivity index (χ0) is 29.3. The third kappa shape index (κ3) is 9.26. The van der Waals surface area contributed by atoms with E-state index in [1.165, 1.54) is 39.0 Å². The monoisotopic (exact) mass is 551 g/mol. The van der Waals surface area contributed by atoms with E-state index in [0.29, 0.717) is 13.2 Å². The lowest BCUT2D eigenvalue weighted by molar-refractivity contribution is -0.137. The lowest BCUT2D eigenvalue weighted by atomic mass is 9.84. The smallest absolute Gasteiger partial charge is 0.303 e. The summed E-state index contributed by atoms with van der Waals surface area (Å²) in [7, 11) is 0. The molecule has 5 nitrogen and oxygen atoms in total. The predicted octanol–water partition coefficient (Wildman–Crippen LogP) is 8.99. The average molecular weight is 552 g/mol. The summed E-state index contributed by atoms with van der Waals surface area (Å²) in [5.41, 5.74) is 9.16. The summed E-state index contributed by atoms with van der Waals surface area (Å²) in [5, 5.41) is 8.92. The number of unbranched alkanes of at least 4 members (excludes halogenated alkanes) is 1. The largest absolute Gasteiger partial charge is 0.487 e. The Labute approximate surface area is 243 Å². The first-order valence-electron chi connectivity index (χ1n) is 15.3. The van der Waals surface area contributed by atoms with E-state index in [2.05, 4.69) is 71.6 Å². The zero-order valence-corrected chi connectivity index (χ0v) is 26.3. The number of hydrogen-bond donors (Lipinski definition) is 1. The molecule has 1 atom stereocenters. The SMILES string of the molecule is CC(C)=CCCC(C)=CCCC(C)=CCC[C@]1(C)CCc2c3c(c(C)c(C)c2O1)OCN(CCCCC(=O)O)C3. The van der Waals surface area contributed by atoms with Gasteiger partial charge in [0.25, 0.3) is 0 Å². The highest BCUT2D eigenvalue weighted by atomic mass is 16.5. The highest BCUT2D eigenvalue weighted by Crippen LogP contribution is 2.46. The van der Waals surface area contributed by atoms with Gasteiger partial charge in [0, 0.05) is 30.6 Å². The highest BCUT2D eigenvalue weighted by Gasteiger charge is 2.36. The minimum Gasteiger partial charge on any atom is -0.487 e. The number of ether oxygens (including phenoxy) is 2. The van der Waals surface area contributed by atoms with Crippen LogP contribution >= 0.6 is 0 Å². The van der Waals surface area contributed by atoms with Crippen molar-refractivity contribution in [2.75, 3.05) is 13.3 Å². The van der Waals surface area contributed by atoms with Crippen LogP contribution in [0.25, 0.3) is 0 Å². The Morgan fingerprint density at radius 1 is 0.900 bits per heavy atom. The van der Waals surface area contributed by atoms with Crippen molar-refractivity contribution in [1.29, 1.82) is 0 Å². The van der Waals surface area contributed by atoms with Crippen molar-refractivity contribution in [2.45, 2.75) is 131 Å². The summed E-state index contributed by atoms with van der Waals surface area (Å²) in [5.74, 6) is 1.38. The number of carbonyl (C=O) groups is 1. The molecule has 0 saturated heterocycles. The number of rotatable bonds is 14. The second kappa shape index (κ2) is 14.9. The van der Waals surface area contributed by atoms with E-state index in [1.807, 2.05) is 0 Å². The molecular weight excluding hydrogens is 498 g/mol. The average Bonchev–Trinajstić information content (AvgIpc) is 2.89. The Kier molecular flexibility index (Phi) is 11.9. The highest BCUT2D eigenvalue weighted by molar-refractivity contribution is 5.66. The maximum absolute atomic E-state index is 10.8. The fourth-order valence-corrected chi connectivity index (χ4v) is 5.84. The van der Waals surface area contributed by atoms with Gasteiger partial charge in [0.2, 0.25) is 0 Å². The van der Waals surface area contributed by atoms with Crippen molar-refractivity contribution in [3.8, 4) is 11.5 Å². The van der Waals surface area contributed by atoms with Crippen molar-refractivity contribution in [3.63, 3.8) is 0 Å². The van der Waals surface area contributed by atoms with Crippen LogP contribution in [0.15, 0.2) is 34.9 Å². The summed E-state index contributed by atoms with van der Waals surface area (Å²) in [4.78, 5) is 13.1. The maximum Gasteiger partial charge on any atom is 0.303 e. The van der Waals surface area contributed by atoms with Crippen LogP contribution in [0.2, 0.25) is 0 Å². The standard InChI is InChI=1S/C35H53NO4/c1-25(2)13-10-14-26(3)15-11-16-27(4)17-12-20-35(7)21-19-30-31-23-36(22-9-8-18-32(37)38)24-39-33(31)28(5)29(6)34(30)40-35/h13,15,17H,8-12,14,16,18-24H2,1-7H3,(H,37,38)/t35-/m1/s1. The zero-order valence-electron chi connectivity index (χ0n) is 26.3. The molecule has 0 fully saturated rings. The lowest BCUT2D eigenvalue weighted by Crippen LogP contribution is -2.39. The lowest BCUT2D eigenvalue weighted by Gasteiger charge is -2.40. The van der Waals surface area contributed by atoms with Gasteiger partial charge in [-0.15, -0.1) is 0 Å². The molecule has 5 heteroatoms. The molecule has 0 spiro atoms. The topological polar surface area (TPSA) is 59.0 Å². The van der Waals surface area contributed by atoms with E-state index in [4.69, 9.17) is 14.6 Å². The molecule has 40 heavy (non-hydrogen) atoms. The fourth-order valence-electron chi connectivity index (χ4n) is 5.84. The Balaban J connectivity index is 1.57. The first-order valence-corrected chi connectivity index (χ1v) is 15.3. The van der Waals surface area contributed by atoms with Gasteiger partial charge in [-0.05, 0) is 124 Å². The van der Waals surface area contributed by atoms with Crippen LogP contribution in [0, 0.1) is 13.8 Å². The summed E-state index contributed by atoms with van der Waals surface area (Å²) < 4.78 is 13.1. The van der Waals surface area contributed by atoms with E-state index in [0.717, 1.165) is 82.4 Å². The second-order valence-electron chi connectivity index (χ2n) is 12.6. The van der Waals surface area contributed by atoms with Crippen LogP contribution in [-0.4, -0.2) is 34.9 Å². The van der Waals surface area contributed by atoms with Crippen LogP contribution < -0.4 is 9.47 Å². The van der Waals surface area contributed by atoms with E-state index >= 15 is 0 Å². The third-order valence-electron chi connectivity index (χ3n) is 8.59. The van der Waals surface area contributed by atoms with Gasteiger partial charge in [-0.1, -0.05) is 34.9 Å². The van der Waals surface area contributed by atoms with Gasteiger partial charge in [-0.2, -0.15) is 0 Å². The molecule has 2 aliphatic rings. The van der Waals surface area contributed by atoms with Crippen LogP contribution in [0.4, 0.5) is 0 Å². The number of hydrogen-bond acceptors (Lipinski definition) is 4. The first-order chi connectivity index (χ1) is 19.0. The summed E-state index contributed by atoms with van der Waals surface area (Å²) >= 11 is 0. The van der Waals surface area contributed by atoms with Gasteiger partial charge < -0.3 is 14.6 Å².